The third-order valence-corrected chi connectivity index (χ3v) is 7.95. The summed E-state index contributed by atoms with van der Waals surface area (Å²) in [6, 6.07) is 9.41. The van der Waals surface area contributed by atoms with Crippen LogP contribution in [0.3, 0.4) is 0 Å². The van der Waals surface area contributed by atoms with E-state index >= 15 is 0 Å². The van der Waals surface area contributed by atoms with Gasteiger partial charge in [-0.15, -0.1) is 0 Å². The fourth-order valence-electron chi connectivity index (χ4n) is 6.29. The van der Waals surface area contributed by atoms with Gasteiger partial charge >= 0.3 is 0 Å². The second-order valence-electron chi connectivity index (χ2n) is 9.23. The normalized spacial score (nSPS) is 34.4. The Hall–Kier alpha value is -1.10. The first-order valence-corrected chi connectivity index (χ1v) is 11.3. The molecular formula is C23H33ClN2O2. The lowest BCUT2D eigenvalue weighted by Crippen LogP contribution is -2.58. The lowest BCUT2D eigenvalue weighted by molar-refractivity contribution is -0.119. The largest absolute Gasteiger partial charge is 0.381 e. The number of ether oxygens (including phenoxy) is 1. The number of halogens is 1. The van der Waals surface area contributed by atoms with Crippen molar-refractivity contribution in [2.24, 2.45) is 29.1 Å². The Bertz CT molecular complexity index is 652. The van der Waals surface area contributed by atoms with Gasteiger partial charge in [0.05, 0.1) is 0 Å². The van der Waals surface area contributed by atoms with Crippen LogP contribution in [0.25, 0.3) is 0 Å². The number of nitrogens with one attached hydrogen (secondary N) is 2. The zero-order valence-electron chi connectivity index (χ0n) is 16.8. The van der Waals surface area contributed by atoms with Crippen LogP contribution in [-0.2, 0) is 4.74 Å². The Morgan fingerprint density at radius 3 is 2.61 bits per heavy atom. The maximum atomic E-state index is 12.6. The van der Waals surface area contributed by atoms with Gasteiger partial charge < -0.3 is 15.4 Å². The number of hydrogen-bond donors (Lipinski definition) is 2. The molecule has 5 heteroatoms. The molecule has 0 aliphatic heterocycles. The van der Waals surface area contributed by atoms with Gasteiger partial charge in [0, 0.05) is 24.2 Å². The Kier molecular flexibility index (Phi) is 6.29. The first kappa shape index (κ1) is 20.2. The summed E-state index contributed by atoms with van der Waals surface area (Å²) in [4.78, 5) is 12.6. The van der Waals surface area contributed by atoms with Crippen molar-refractivity contribution in [1.82, 2.24) is 10.6 Å². The summed E-state index contributed by atoms with van der Waals surface area (Å²) in [5, 5.41) is 6.30. The number of carbonyl (C=O) groups excluding carboxylic acids is 1. The number of carbonyl (C=O) groups is 1. The van der Waals surface area contributed by atoms with Gasteiger partial charge in [-0.05, 0) is 87.9 Å². The third kappa shape index (κ3) is 4.10. The van der Waals surface area contributed by atoms with E-state index in [0.717, 1.165) is 44.9 Å². The molecule has 28 heavy (non-hydrogen) atoms. The molecule has 4 saturated carbocycles. The molecule has 3 unspecified atom stereocenters. The summed E-state index contributed by atoms with van der Waals surface area (Å²) in [7, 11) is 1.98. The molecule has 0 heterocycles. The maximum absolute atomic E-state index is 12.6. The summed E-state index contributed by atoms with van der Waals surface area (Å²) < 4.78 is 6.03. The van der Waals surface area contributed by atoms with E-state index in [-0.39, 0.29) is 16.8 Å². The van der Waals surface area contributed by atoms with Gasteiger partial charge in [0.1, 0.15) is 5.50 Å². The van der Waals surface area contributed by atoms with Crippen molar-refractivity contribution in [3.8, 4) is 0 Å². The van der Waals surface area contributed by atoms with Crippen molar-refractivity contribution in [3.05, 3.63) is 35.9 Å². The third-order valence-electron chi connectivity index (χ3n) is 7.37. The summed E-state index contributed by atoms with van der Waals surface area (Å²) >= 11 is 6.89. The van der Waals surface area contributed by atoms with Crippen molar-refractivity contribution in [2.45, 2.75) is 44.0 Å². The Labute approximate surface area is 173 Å². The number of amides is 1. The smallest absolute Gasteiger partial charge is 0.252 e. The highest BCUT2D eigenvalue weighted by molar-refractivity contribution is 6.22. The predicted molar refractivity (Wildman–Crippen MR) is 112 cm³/mol. The second kappa shape index (κ2) is 8.73. The molecule has 4 fully saturated rings. The quantitative estimate of drug-likeness (QED) is 0.371. The fourth-order valence-corrected chi connectivity index (χ4v) is 6.65. The van der Waals surface area contributed by atoms with E-state index in [1.165, 1.54) is 19.3 Å². The van der Waals surface area contributed by atoms with E-state index in [9.17, 15) is 4.79 Å². The van der Waals surface area contributed by atoms with Crippen molar-refractivity contribution < 1.29 is 9.53 Å². The lowest BCUT2D eigenvalue weighted by Gasteiger charge is -2.61. The van der Waals surface area contributed by atoms with Crippen LogP contribution in [0.4, 0.5) is 0 Å². The first-order chi connectivity index (χ1) is 13.6. The van der Waals surface area contributed by atoms with Gasteiger partial charge in [0.15, 0.2) is 0 Å². The summed E-state index contributed by atoms with van der Waals surface area (Å²) in [5.74, 6) is 2.79. The maximum Gasteiger partial charge on any atom is 0.252 e. The average molecular weight is 405 g/mol. The molecule has 1 aromatic carbocycles. The zero-order chi connectivity index (χ0) is 19.6. The highest BCUT2D eigenvalue weighted by Crippen LogP contribution is 2.63. The average Bonchev–Trinajstić information content (AvgIpc) is 2.69. The highest BCUT2D eigenvalue weighted by atomic mass is 35.5. The van der Waals surface area contributed by atoms with E-state index in [1.807, 2.05) is 37.4 Å². The molecule has 4 nitrogen and oxygen atoms in total. The Balaban J connectivity index is 1.37. The number of rotatable bonds is 9. The Morgan fingerprint density at radius 2 is 1.93 bits per heavy atom. The van der Waals surface area contributed by atoms with Crippen LogP contribution in [0.2, 0.25) is 0 Å². The topological polar surface area (TPSA) is 50.4 Å². The van der Waals surface area contributed by atoms with E-state index in [2.05, 4.69) is 10.6 Å². The van der Waals surface area contributed by atoms with Crippen molar-refractivity contribution in [1.29, 1.82) is 0 Å². The summed E-state index contributed by atoms with van der Waals surface area (Å²) in [6.45, 7) is 2.75. The highest BCUT2D eigenvalue weighted by Gasteiger charge is 2.57. The molecule has 5 rings (SSSR count). The van der Waals surface area contributed by atoms with E-state index in [1.54, 1.807) is 0 Å². The van der Waals surface area contributed by atoms with Crippen LogP contribution in [0.15, 0.2) is 30.3 Å². The summed E-state index contributed by atoms with van der Waals surface area (Å²) in [6.07, 6.45) is 7.14. The minimum atomic E-state index is -0.286. The van der Waals surface area contributed by atoms with E-state index in [4.69, 9.17) is 16.3 Å². The molecular weight excluding hydrogens is 372 g/mol. The van der Waals surface area contributed by atoms with Crippen LogP contribution in [0.1, 0.15) is 48.9 Å². The molecule has 2 N–H and O–H groups in total. The van der Waals surface area contributed by atoms with Gasteiger partial charge in [0.25, 0.3) is 5.91 Å². The molecule has 1 amide bonds. The zero-order valence-corrected chi connectivity index (χ0v) is 17.6. The van der Waals surface area contributed by atoms with Gasteiger partial charge in [-0.1, -0.05) is 29.8 Å². The molecule has 0 aromatic heterocycles. The van der Waals surface area contributed by atoms with E-state index in [0.29, 0.717) is 23.3 Å². The molecule has 0 spiro atoms. The van der Waals surface area contributed by atoms with Gasteiger partial charge in [-0.25, -0.2) is 0 Å². The van der Waals surface area contributed by atoms with Crippen LogP contribution in [0.5, 0.6) is 0 Å². The molecule has 4 aliphatic rings. The van der Waals surface area contributed by atoms with Crippen LogP contribution in [0, 0.1) is 29.1 Å². The minimum Gasteiger partial charge on any atom is -0.381 e. The van der Waals surface area contributed by atoms with Gasteiger partial charge in [-0.2, -0.15) is 0 Å². The molecule has 3 atom stereocenters. The lowest BCUT2D eigenvalue weighted by atomic mass is 9.46. The molecule has 4 bridgehead atoms. The molecule has 1 aromatic rings. The fraction of sp³-hybridized carbons (Fsp3) is 0.696. The number of alkyl halides is 1. The SMILES string of the molecule is CNCCCOCC1C2CC3CC1CC(C(Cl)NC(=O)c1ccccc1)(C3)C2. The van der Waals surface area contributed by atoms with E-state index < -0.39 is 0 Å². The van der Waals surface area contributed by atoms with Crippen molar-refractivity contribution in [3.63, 3.8) is 0 Å². The summed E-state index contributed by atoms with van der Waals surface area (Å²) in [5.41, 5.74) is 0.460. The molecule has 0 saturated heterocycles. The number of hydrogen-bond acceptors (Lipinski definition) is 3. The van der Waals surface area contributed by atoms with Gasteiger partial charge in [-0.3, -0.25) is 4.79 Å². The second-order valence-corrected chi connectivity index (χ2v) is 9.67. The van der Waals surface area contributed by atoms with Crippen LogP contribution in [-0.4, -0.2) is 38.2 Å². The standard InChI is InChI=1S/C23H33ClN2O2/c1-25-8-5-9-28-15-20-18-10-16-11-19(20)14-23(12-16,13-18)22(24)26-21(27)17-6-3-2-4-7-17/h2-4,6-7,16,18-20,22,25H,5,8-15H2,1H3,(H,26,27). The molecule has 154 valence electrons. The van der Waals surface area contributed by atoms with Crippen LogP contribution >= 0.6 is 11.6 Å². The minimum absolute atomic E-state index is 0.0548. The van der Waals surface area contributed by atoms with Crippen LogP contribution < -0.4 is 10.6 Å². The van der Waals surface area contributed by atoms with Crippen molar-refractivity contribution in [2.75, 3.05) is 26.8 Å². The van der Waals surface area contributed by atoms with Crippen molar-refractivity contribution >= 4 is 17.5 Å². The molecule has 4 aliphatic carbocycles. The number of benzene rings is 1. The Morgan fingerprint density at radius 1 is 1.21 bits per heavy atom. The first-order valence-electron chi connectivity index (χ1n) is 10.8. The van der Waals surface area contributed by atoms with Gasteiger partial charge in [0.2, 0.25) is 0 Å². The predicted octanol–water partition coefficient (Wildman–Crippen LogP) is 4.05. The monoisotopic (exact) mass is 404 g/mol. The molecule has 0 radical (unpaired) electrons.